The Morgan fingerprint density at radius 3 is 2.93 bits per heavy atom. The van der Waals surface area contributed by atoms with Crippen molar-refractivity contribution < 1.29 is 4.79 Å². The number of rotatable bonds is 3. The Bertz CT molecular complexity index is 226. The number of piperidine rings is 1. The van der Waals surface area contributed by atoms with Gasteiger partial charge < -0.3 is 16.0 Å². The number of nitrogens with two attached hydrogens (primary N) is 1. The fraction of sp³-hybridized carbons (Fsp3) is 0.909. The molecule has 4 nitrogen and oxygen atoms in total. The monoisotopic (exact) mass is 211 g/mol. The van der Waals surface area contributed by atoms with Crippen LogP contribution in [0.2, 0.25) is 0 Å². The van der Waals surface area contributed by atoms with Gasteiger partial charge in [0, 0.05) is 13.1 Å². The van der Waals surface area contributed by atoms with Crippen molar-refractivity contribution in [2.24, 2.45) is 17.6 Å². The van der Waals surface area contributed by atoms with E-state index in [1.807, 2.05) is 0 Å². The molecule has 0 aliphatic carbocycles. The van der Waals surface area contributed by atoms with Crippen LogP contribution < -0.4 is 11.1 Å². The molecule has 4 heteroatoms. The van der Waals surface area contributed by atoms with Crippen LogP contribution in [0.3, 0.4) is 0 Å². The zero-order valence-corrected chi connectivity index (χ0v) is 9.24. The molecule has 0 aromatic rings. The minimum absolute atomic E-state index is 0.0987. The SMILES string of the molecule is NC(=O)C1CCN(CC2CCCNC2)C1. The van der Waals surface area contributed by atoms with Crippen LogP contribution in [0.4, 0.5) is 0 Å². The third kappa shape index (κ3) is 2.92. The lowest BCUT2D eigenvalue weighted by Gasteiger charge is -2.27. The maximum atomic E-state index is 11.0. The van der Waals surface area contributed by atoms with Crippen LogP contribution in [0.5, 0.6) is 0 Å². The van der Waals surface area contributed by atoms with E-state index < -0.39 is 0 Å². The fourth-order valence-electron chi connectivity index (χ4n) is 2.68. The van der Waals surface area contributed by atoms with Crippen molar-refractivity contribution in [3.05, 3.63) is 0 Å². The van der Waals surface area contributed by atoms with E-state index in [1.165, 1.54) is 19.4 Å². The van der Waals surface area contributed by atoms with Crippen molar-refractivity contribution in [1.82, 2.24) is 10.2 Å². The van der Waals surface area contributed by atoms with Crippen LogP contribution in [-0.2, 0) is 4.79 Å². The van der Waals surface area contributed by atoms with Gasteiger partial charge in [0.15, 0.2) is 0 Å². The number of nitrogens with zero attached hydrogens (tertiary/aromatic N) is 1. The van der Waals surface area contributed by atoms with E-state index in [2.05, 4.69) is 10.2 Å². The van der Waals surface area contributed by atoms with Crippen molar-refractivity contribution in [1.29, 1.82) is 0 Å². The second-order valence-electron chi connectivity index (χ2n) is 4.86. The van der Waals surface area contributed by atoms with Crippen molar-refractivity contribution in [2.75, 3.05) is 32.7 Å². The summed E-state index contributed by atoms with van der Waals surface area (Å²) in [5, 5.41) is 3.42. The van der Waals surface area contributed by atoms with Gasteiger partial charge in [-0.2, -0.15) is 0 Å². The number of primary amides is 1. The van der Waals surface area contributed by atoms with Gasteiger partial charge in [-0.25, -0.2) is 0 Å². The molecule has 2 saturated heterocycles. The van der Waals surface area contributed by atoms with E-state index in [4.69, 9.17) is 5.73 Å². The molecule has 2 fully saturated rings. The second-order valence-corrected chi connectivity index (χ2v) is 4.86. The first-order valence-corrected chi connectivity index (χ1v) is 5.98. The van der Waals surface area contributed by atoms with Crippen molar-refractivity contribution >= 4 is 5.91 Å². The zero-order chi connectivity index (χ0) is 10.7. The molecule has 0 radical (unpaired) electrons. The summed E-state index contributed by atoms with van der Waals surface area (Å²) in [5.41, 5.74) is 5.32. The number of amides is 1. The molecule has 2 heterocycles. The average molecular weight is 211 g/mol. The van der Waals surface area contributed by atoms with Crippen LogP contribution in [-0.4, -0.2) is 43.5 Å². The molecule has 2 aliphatic rings. The number of carbonyl (C=O) groups excluding carboxylic acids is 1. The van der Waals surface area contributed by atoms with Crippen molar-refractivity contribution in [3.8, 4) is 0 Å². The van der Waals surface area contributed by atoms with Crippen LogP contribution >= 0.6 is 0 Å². The van der Waals surface area contributed by atoms with Crippen LogP contribution in [0, 0.1) is 11.8 Å². The molecule has 2 atom stereocenters. The van der Waals surface area contributed by atoms with Crippen molar-refractivity contribution in [2.45, 2.75) is 19.3 Å². The number of hydrogen-bond acceptors (Lipinski definition) is 3. The quantitative estimate of drug-likeness (QED) is 0.679. The van der Waals surface area contributed by atoms with Crippen molar-refractivity contribution in [3.63, 3.8) is 0 Å². The molecule has 15 heavy (non-hydrogen) atoms. The molecule has 86 valence electrons. The molecule has 0 bridgehead atoms. The summed E-state index contributed by atoms with van der Waals surface area (Å²) in [5.74, 6) is 0.742. The summed E-state index contributed by atoms with van der Waals surface area (Å²) in [7, 11) is 0. The van der Waals surface area contributed by atoms with Crippen LogP contribution in [0.1, 0.15) is 19.3 Å². The highest BCUT2D eigenvalue weighted by Gasteiger charge is 2.28. The Morgan fingerprint density at radius 1 is 1.47 bits per heavy atom. The standard InChI is InChI=1S/C11H21N3O/c12-11(15)10-3-5-14(8-10)7-9-2-1-4-13-6-9/h9-10,13H,1-8H2,(H2,12,15). The Kier molecular flexibility index (Phi) is 3.59. The molecular formula is C11H21N3O. The Balaban J connectivity index is 1.74. The highest BCUT2D eigenvalue weighted by molar-refractivity contribution is 5.77. The van der Waals surface area contributed by atoms with Gasteiger partial charge in [-0.15, -0.1) is 0 Å². The molecule has 1 amide bonds. The fourth-order valence-corrected chi connectivity index (χ4v) is 2.68. The first-order chi connectivity index (χ1) is 7.25. The third-order valence-electron chi connectivity index (χ3n) is 3.59. The number of likely N-dealkylation sites (tertiary alicyclic amines) is 1. The van der Waals surface area contributed by atoms with Gasteiger partial charge in [-0.3, -0.25) is 4.79 Å². The summed E-state index contributed by atoms with van der Waals surface area (Å²) >= 11 is 0. The number of carbonyl (C=O) groups is 1. The minimum Gasteiger partial charge on any atom is -0.369 e. The minimum atomic E-state index is -0.126. The Morgan fingerprint density at radius 2 is 2.33 bits per heavy atom. The summed E-state index contributed by atoms with van der Waals surface area (Å²) in [6, 6.07) is 0. The first-order valence-electron chi connectivity index (χ1n) is 5.98. The Hall–Kier alpha value is -0.610. The molecule has 3 N–H and O–H groups in total. The maximum Gasteiger partial charge on any atom is 0.221 e. The molecule has 0 aromatic heterocycles. The van der Waals surface area contributed by atoms with E-state index >= 15 is 0 Å². The normalized spacial score (nSPS) is 33.1. The number of hydrogen-bond donors (Lipinski definition) is 2. The van der Waals surface area contributed by atoms with Gasteiger partial charge in [0.05, 0.1) is 5.92 Å². The molecule has 2 aliphatic heterocycles. The van der Waals surface area contributed by atoms with E-state index in [1.54, 1.807) is 0 Å². The molecule has 0 spiro atoms. The van der Waals surface area contributed by atoms with Gasteiger partial charge in [0.25, 0.3) is 0 Å². The van der Waals surface area contributed by atoms with Crippen LogP contribution in [0.15, 0.2) is 0 Å². The first kappa shape index (κ1) is 10.9. The average Bonchev–Trinajstić information content (AvgIpc) is 2.68. The highest BCUT2D eigenvalue weighted by atomic mass is 16.1. The largest absolute Gasteiger partial charge is 0.369 e. The Labute approximate surface area is 91.2 Å². The highest BCUT2D eigenvalue weighted by Crippen LogP contribution is 2.19. The van der Waals surface area contributed by atoms with E-state index in [0.717, 1.165) is 38.5 Å². The van der Waals surface area contributed by atoms with E-state index in [9.17, 15) is 4.79 Å². The van der Waals surface area contributed by atoms with Gasteiger partial charge in [0.2, 0.25) is 5.91 Å². The number of nitrogens with one attached hydrogen (secondary N) is 1. The predicted octanol–water partition coefficient (Wildman–Crippen LogP) is -0.207. The molecule has 2 unspecified atom stereocenters. The topological polar surface area (TPSA) is 58.4 Å². The summed E-state index contributed by atoms with van der Waals surface area (Å²) in [4.78, 5) is 13.4. The summed E-state index contributed by atoms with van der Waals surface area (Å²) in [6.45, 7) is 5.37. The predicted molar refractivity (Wildman–Crippen MR) is 59.3 cm³/mol. The molecule has 0 aromatic carbocycles. The molecule has 0 saturated carbocycles. The van der Waals surface area contributed by atoms with E-state index in [0.29, 0.717) is 0 Å². The van der Waals surface area contributed by atoms with Gasteiger partial charge >= 0.3 is 0 Å². The molecular weight excluding hydrogens is 190 g/mol. The lowest BCUT2D eigenvalue weighted by atomic mass is 9.99. The second kappa shape index (κ2) is 4.94. The van der Waals surface area contributed by atoms with Gasteiger partial charge in [-0.1, -0.05) is 0 Å². The van der Waals surface area contributed by atoms with Crippen LogP contribution in [0.25, 0.3) is 0 Å². The smallest absolute Gasteiger partial charge is 0.221 e. The zero-order valence-electron chi connectivity index (χ0n) is 9.24. The van der Waals surface area contributed by atoms with Gasteiger partial charge in [-0.05, 0) is 44.8 Å². The summed E-state index contributed by atoms with van der Waals surface area (Å²) < 4.78 is 0. The van der Waals surface area contributed by atoms with Gasteiger partial charge in [0.1, 0.15) is 0 Å². The molecule has 2 rings (SSSR count). The summed E-state index contributed by atoms with van der Waals surface area (Å²) in [6.07, 6.45) is 3.57. The van der Waals surface area contributed by atoms with E-state index in [-0.39, 0.29) is 11.8 Å². The lowest BCUT2D eigenvalue weighted by Crippen LogP contribution is -2.38. The lowest BCUT2D eigenvalue weighted by molar-refractivity contribution is -0.121. The third-order valence-corrected chi connectivity index (χ3v) is 3.59. The maximum absolute atomic E-state index is 11.0.